The molecule has 14 heavy (non-hydrogen) atoms. The van der Waals surface area contributed by atoms with Crippen molar-refractivity contribution in [2.45, 2.75) is 12.5 Å². The van der Waals surface area contributed by atoms with Crippen LogP contribution in [0.5, 0.6) is 11.5 Å². The molecule has 1 atom stereocenters. The Bertz CT molecular complexity index is 351. The number of aliphatic hydroxyl groups excluding tert-OH is 1. The zero-order valence-electron chi connectivity index (χ0n) is 7.79. The van der Waals surface area contributed by atoms with Gasteiger partial charge in [0.25, 0.3) is 0 Å². The minimum Gasteiger partial charge on any atom is -0.493 e. The molecule has 0 saturated carbocycles. The fraction of sp³-hybridized carbons (Fsp3) is 0.400. The van der Waals surface area contributed by atoms with E-state index in [-0.39, 0.29) is 12.7 Å². The standard InChI is InChI=1S/C10H11BrO3/c1-13-9-3-2-8(11)7-4-6(5-12)14-10(7)9/h2-3,6,12H,4-5H2,1H3. The van der Waals surface area contributed by atoms with Crippen molar-refractivity contribution in [2.24, 2.45) is 0 Å². The number of hydrogen-bond acceptors (Lipinski definition) is 3. The quantitative estimate of drug-likeness (QED) is 0.879. The van der Waals surface area contributed by atoms with Crippen molar-refractivity contribution < 1.29 is 14.6 Å². The highest BCUT2D eigenvalue weighted by Crippen LogP contribution is 2.41. The first-order valence-corrected chi connectivity index (χ1v) is 5.18. The zero-order valence-corrected chi connectivity index (χ0v) is 9.37. The van der Waals surface area contributed by atoms with Gasteiger partial charge in [0.1, 0.15) is 6.10 Å². The van der Waals surface area contributed by atoms with E-state index in [2.05, 4.69) is 15.9 Å². The summed E-state index contributed by atoms with van der Waals surface area (Å²) in [4.78, 5) is 0. The molecule has 0 spiro atoms. The summed E-state index contributed by atoms with van der Waals surface area (Å²) in [5.74, 6) is 1.47. The van der Waals surface area contributed by atoms with Gasteiger partial charge < -0.3 is 14.6 Å². The van der Waals surface area contributed by atoms with Gasteiger partial charge in [-0.05, 0) is 12.1 Å². The highest BCUT2D eigenvalue weighted by atomic mass is 79.9. The molecule has 3 nitrogen and oxygen atoms in total. The Kier molecular flexibility index (Phi) is 2.65. The Morgan fingerprint density at radius 2 is 2.43 bits per heavy atom. The summed E-state index contributed by atoms with van der Waals surface area (Å²) >= 11 is 3.45. The predicted octanol–water partition coefficient (Wildman–Crippen LogP) is 1.75. The van der Waals surface area contributed by atoms with E-state index in [9.17, 15) is 0 Å². The first-order chi connectivity index (χ1) is 6.76. The summed E-state index contributed by atoms with van der Waals surface area (Å²) in [6.07, 6.45) is 0.585. The molecule has 1 aromatic rings. The molecule has 1 unspecified atom stereocenters. The average molecular weight is 259 g/mol. The maximum atomic E-state index is 9.01. The van der Waals surface area contributed by atoms with Crippen molar-refractivity contribution in [1.29, 1.82) is 0 Å². The summed E-state index contributed by atoms with van der Waals surface area (Å²) in [7, 11) is 1.61. The van der Waals surface area contributed by atoms with E-state index in [0.717, 1.165) is 28.0 Å². The van der Waals surface area contributed by atoms with Gasteiger partial charge >= 0.3 is 0 Å². The minimum atomic E-state index is -0.141. The average Bonchev–Trinajstić information content (AvgIpc) is 2.63. The first kappa shape index (κ1) is 9.80. The van der Waals surface area contributed by atoms with E-state index in [0.29, 0.717) is 0 Å². The number of halogens is 1. The highest BCUT2D eigenvalue weighted by molar-refractivity contribution is 9.10. The summed E-state index contributed by atoms with van der Waals surface area (Å²) < 4.78 is 11.7. The molecule has 0 saturated heterocycles. The van der Waals surface area contributed by atoms with E-state index >= 15 is 0 Å². The van der Waals surface area contributed by atoms with Gasteiger partial charge in [-0.3, -0.25) is 0 Å². The summed E-state index contributed by atoms with van der Waals surface area (Å²) in [5, 5.41) is 9.01. The second-order valence-electron chi connectivity index (χ2n) is 3.18. The van der Waals surface area contributed by atoms with Crippen LogP contribution in [-0.4, -0.2) is 24.9 Å². The third-order valence-electron chi connectivity index (χ3n) is 2.31. The summed E-state index contributed by atoms with van der Waals surface area (Å²) in [5.41, 5.74) is 1.07. The molecular weight excluding hydrogens is 248 g/mol. The Morgan fingerprint density at radius 1 is 1.64 bits per heavy atom. The van der Waals surface area contributed by atoms with Crippen LogP contribution in [0, 0.1) is 0 Å². The topological polar surface area (TPSA) is 38.7 Å². The summed E-state index contributed by atoms with van der Waals surface area (Å²) in [6, 6.07) is 3.78. The number of benzene rings is 1. The highest BCUT2D eigenvalue weighted by Gasteiger charge is 2.27. The lowest BCUT2D eigenvalue weighted by atomic mass is 10.1. The molecule has 0 bridgehead atoms. The van der Waals surface area contributed by atoms with E-state index in [4.69, 9.17) is 14.6 Å². The van der Waals surface area contributed by atoms with E-state index in [1.807, 2.05) is 12.1 Å². The molecule has 1 aliphatic heterocycles. The van der Waals surface area contributed by atoms with Crippen LogP contribution in [0.25, 0.3) is 0 Å². The molecule has 4 heteroatoms. The SMILES string of the molecule is COc1ccc(Br)c2c1OC(CO)C2. The van der Waals surface area contributed by atoms with Crippen LogP contribution in [0.1, 0.15) is 5.56 Å². The fourth-order valence-corrected chi connectivity index (χ4v) is 2.07. The van der Waals surface area contributed by atoms with Gasteiger partial charge in [-0.2, -0.15) is 0 Å². The molecule has 76 valence electrons. The van der Waals surface area contributed by atoms with Crippen molar-refractivity contribution in [1.82, 2.24) is 0 Å². The van der Waals surface area contributed by atoms with Gasteiger partial charge in [-0.25, -0.2) is 0 Å². The lowest BCUT2D eigenvalue weighted by Crippen LogP contribution is -2.17. The van der Waals surface area contributed by atoms with Crippen LogP contribution >= 0.6 is 15.9 Å². The first-order valence-electron chi connectivity index (χ1n) is 4.39. The fourth-order valence-electron chi connectivity index (χ4n) is 1.60. The summed E-state index contributed by atoms with van der Waals surface area (Å²) in [6.45, 7) is 0.0320. The number of methoxy groups -OCH3 is 1. The normalized spacial score (nSPS) is 18.9. The number of hydrogen-bond donors (Lipinski definition) is 1. The van der Waals surface area contributed by atoms with Gasteiger partial charge in [0, 0.05) is 16.5 Å². The predicted molar refractivity (Wildman–Crippen MR) is 55.9 cm³/mol. The van der Waals surface area contributed by atoms with Crippen LogP contribution in [0.15, 0.2) is 16.6 Å². The number of rotatable bonds is 2. The van der Waals surface area contributed by atoms with Crippen molar-refractivity contribution in [2.75, 3.05) is 13.7 Å². The zero-order chi connectivity index (χ0) is 10.1. The second kappa shape index (κ2) is 3.79. The molecule has 0 radical (unpaired) electrons. The maximum Gasteiger partial charge on any atom is 0.166 e. The molecular formula is C10H11BrO3. The van der Waals surface area contributed by atoms with Gasteiger partial charge in [-0.1, -0.05) is 15.9 Å². The van der Waals surface area contributed by atoms with E-state index < -0.39 is 0 Å². The maximum absolute atomic E-state index is 9.01. The van der Waals surface area contributed by atoms with Crippen LogP contribution in [0.3, 0.4) is 0 Å². The molecule has 0 aliphatic carbocycles. The molecule has 2 rings (SSSR count). The van der Waals surface area contributed by atoms with Gasteiger partial charge in [0.2, 0.25) is 0 Å². The van der Waals surface area contributed by atoms with Crippen LogP contribution in [0.2, 0.25) is 0 Å². The lowest BCUT2D eigenvalue weighted by molar-refractivity contribution is 0.132. The van der Waals surface area contributed by atoms with Crippen molar-refractivity contribution in [3.8, 4) is 11.5 Å². The molecule has 1 aliphatic rings. The van der Waals surface area contributed by atoms with Crippen LogP contribution in [-0.2, 0) is 6.42 Å². The van der Waals surface area contributed by atoms with Gasteiger partial charge in [0.05, 0.1) is 13.7 Å². The van der Waals surface area contributed by atoms with Crippen LogP contribution in [0.4, 0.5) is 0 Å². The Hall–Kier alpha value is -0.740. The smallest absolute Gasteiger partial charge is 0.166 e. The Balaban J connectivity index is 2.42. The molecule has 1 N–H and O–H groups in total. The third kappa shape index (κ3) is 1.48. The third-order valence-corrected chi connectivity index (χ3v) is 3.05. The molecule has 1 aromatic carbocycles. The van der Waals surface area contributed by atoms with E-state index in [1.54, 1.807) is 7.11 Å². The van der Waals surface area contributed by atoms with Crippen molar-refractivity contribution in [3.63, 3.8) is 0 Å². The number of ether oxygens (including phenoxy) is 2. The molecule has 1 heterocycles. The van der Waals surface area contributed by atoms with E-state index in [1.165, 1.54) is 0 Å². The van der Waals surface area contributed by atoms with Gasteiger partial charge in [-0.15, -0.1) is 0 Å². The second-order valence-corrected chi connectivity index (χ2v) is 4.04. The largest absolute Gasteiger partial charge is 0.493 e. The van der Waals surface area contributed by atoms with Crippen LogP contribution < -0.4 is 9.47 Å². The Labute approximate surface area is 90.8 Å². The molecule has 0 amide bonds. The number of fused-ring (bicyclic) bond motifs is 1. The van der Waals surface area contributed by atoms with Crippen molar-refractivity contribution >= 4 is 15.9 Å². The van der Waals surface area contributed by atoms with Crippen molar-refractivity contribution in [3.05, 3.63) is 22.2 Å². The Morgan fingerprint density at radius 3 is 3.07 bits per heavy atom. The molecule has 0 fully saturated rings. The van der Waals surface area contributed by atoms with Gasteiger partial charge in [0.15, 0.2) is 11.5 Å². The lowest BCUT2D eigenvalue weighted by Gasteiger charge is -2.09. The molecule has 0 aromatic heterocycles. The minimum absolute atomic E-state index is 0.0320. The number of aliphatic hydroxyl groups is 1. The monoisotopic (exact) mass is 258 g/mol.